The number of nitrogens with one attached hydrogen (secondary N) is 2. The number of para-hydroxylation sites is 1. The van der Waals surface area contributed by atoms with E-state index in [1.54, 1.807) is 0 Å². The zero-order valence-electron chi connectivity index (χ0n) is 12.6. The minimum Gasteiger partial charge on any atom is -0.382 e. The summed E-state index contributed by atoms with van der Waals surface area (Å²) in [7, 11) is 2.18. The summed E-state index contributed by atoms with van der Waals surface area (Å²) in [4.78, 5) is 15.9. The van der Waals surface area contributed by atoms with Crippen LogP contribution in [0.2, 0.25) is 0 Å². The van der Waals surface area contributed by atoms with Crippen LogP contribution in [-0.4, -0.2) is 55.1 Å². The van der Waals surface area contributed by atoms with Gasteiger partial charge in [0.2, 0.25) is 0 Å². The van der Waals surface area contributed by atoms with E-state index in [1.807, 2.05) is 11.0 Å². The van der Waals surface area contributed by atoms with Crippen LogP contribution in [0.15, 0.2) is 24.3 Å². The Hall–Kier alpha value is -1.75. The topological polar surface area (TPSA) is 47.6 Å². The highest BCUT2D eigenvalue weighted by Crippen LogP contribution is 2.21. The van der Waals surface area contributed by atoms with E-state index < -0.39 is 0 Å². The maximum Gasteiger partial charge on any atom is 0.317 e. The highest BCUT2D eigenvalue weighted by molar-refractivity contribution is 5.76. The fourth-order valence-electron chi connectivity index (χ4n) is 3.04. The number of rotatable bonds is 4. The Morgan fingerprint density at radius 3 is 2.71 bits per heavy atom. The molecule has 2 heterocycles. The number of carbonyl (C=O) groups is 1. The summed E-state index contributed by atoms with van der Waals surface area (Å²) in [5.41, 5.74) is 2.38. The van der Waals surface area contributed by atoms with E-state index in [-0.39, 0.29) is 6.03 Å². The van der Waals surface area contributed by atoms with Gasteiger partial charge in [-0.15, -0.1) is 0 Å². The number of carbonyl (C=O) groups excluding carboxylic acids is 1. The molecule has 1 aromatic carbocycles. The standard InChI is InChI=1S/C16H24N4O/c1-19-9-6-14(7-10-19)18-15-5-3-2-4-13(15)12-20-11-8-17-16(20)21/h2-5,14,18H,6-12H2,1H3,(H,17,21). The molecule has 0 bridgehead atoms. The Kier molecular flexibility index (Phi) is 4.29. The molecule has 2 aliphatic rings. The van der Waals surface area contributed by atoms with Crippen LogP contribution in [0.3, 0.4) is 0 Å². The second kappa shape index (κ2) is 6.35. The minimum atomic E-state index is 0.0455. The molecule has 0 unspecified atom stereocenters. The van der Waals surface area contributed by atoms with E-state index in [0.717, 1.165) is 26.2 Å². The van der Waals surface area contributed by atoms with E-state index in [2.05, 4.69) is 40.8 Å². The zero-order chi connectivity index (χ0) is 14.7. The lowest BCUT2D eigenvalue weighted by Gasteiger charge is -2.31. The van der Waals surface area contributed by atoms with Gasteiger partial charge in [-0.05, 0) is 44.6 Å². The summed E-state index contributed by atoms with van der Waals surface area (Å²) in [5, 5.41) is 6.53. The maximum atomic E-state index is 11.7. The summed E-state index contributed by atoms with van der Waals surface area (Å²) < 4.78 is 0. The van der Waals surface area contributed by atoms with E-state index >= 15 is 0 Å². The molecule has 0 saturated carbocycles. The van der Waals surface area contributed by atoms with Crippen LogP contribution in [0.25, 0.3) is 0 Å². The number of likely N-dealkylation sites (tertiary alicyclic amines) is 1. The lowest BCUT2D eigenvalue weighted by molar-refractivity contribution is 0.215. The predicted octanol–water partition coefficient (Wildman–Crippen LogP) is 1.72. The first kappa shape index (κ1) is 14.2. The van der Waals surface area contributed by atoms with Crippen LogP contribution in [-0.2, 0) is 6.54 Å². The molecule has 2 N–H and O–H groups in total. The van der Waals surface area contributed by atoms with Crippen LogP contribution in [0.5, 0.6) is 0 Å². The van der Waals surface area contributed by atoms with Gasteiger partial charge < -0.3 is 20.4 Å². The van der Waals surface area contributed by atoms with Crippen molar-refractivity contribution >= 4 is 11.7 Å². The van der Waals surface area contributed by atoms with Crippen LogP contribution in [0, 0.1) is 0 Å². The second-order valence-corrected chi connectivity index (χ2v) is 6.03. The van der Waals surface area contributed by atoms with Crippen molar-refractivity contribution in [3.05, 3.63) is 29.8 Å². The predicted molar refractivity (Wildman–Crippen MR) is 84.4 cm³/mol. The normalized spacial score (nSPS) is 20.6. The zero-order valence-corrected chi connectivity index (χ0v) is 12.6. The van der Waals surface area contributed by atoms with Crippen molar-refractivity contribution in [3.63, 3.8) is 0 Å². The number of hydrogen-bond acceptors (Lipinski definition) is 3. The van der Waals surface area contributed by atoms with Gasteiger partial charge in [0.25, 0.3) is 0 Å². The molecule has 2 aliphatic heterocycles. The first-order chi connectivity index (χ1) is 10.2. The van der Waals surface area contributed by atoms with E-state index in [4.69, 9.17) is 0 Å². The Morgan fingerprint density at radius 1 is 1.24 bits per heavy atom. The number of urea groups is 1. The highest BCUT2D eigenvalue weighted by atomic mass is 16.2. The summed E-state index contributed by atoms with van der Waals surface area (Å²) in [6.07, 6.45) is 2.35. The van der Waals surface area contributed by atoms with Gasteiger partial charge in [-0.25, -0.2) is 4.79 Å². The van der Waals surface area contributed by atoms with Gasteiger partial charge in [0.05, 0.1) is 0 Å². The molecule has 1 aromatic rings. The third kappa shape index (κ3) is 3.47. The average molecular weight is 288 g/mol. The van der Waals surface area contributed by atoms with Gasteiger partial charge in [-0.1, -0.05) is 18.2 Å². The summed E-state index contributed by atoms with van der Waals surface area (Å²) in [5.74, 6) is 0. The Labute approximate surface area is 126 Å². The summed E-state index contributed by atoms with van der Waals surface area (Å²) >= 11 is 0. The van der Waals surface area contributed by atoms with Crippen molar-refractivity contribution in [2.45, 2.75) is 25.4 Å². The largest absolute Gasteiger partial charge is 0.382 e. The van der Waals surface area contributed by atoms with Crippen molar-refractivity contribution in [1.82, 2.24) is 15.1 Å². The minimum absolute atomic E-state index is 0.0455. The van der Waals surface area contributed by atoms with Crippen molar-refractivity contribution in [3.8, 4) is 0 Å². The smallest absolute Gasteiger partial charge is 0.317 e. The van der Waals surface area contributed by atoms with Crippen molar-refractivity contribution in [2.75, 3.05) is 38.5 Å². The van der Waals surface area contributed by atoms with Gasteiger partial charge in [-0.3, -0.25) is 0 Å². The van der Waals surface area contributed by atoms with E-state index in [9.17, 15) is 4.79 Å². The van der Waals surface area contributed by atoms with Crippen molar-refractivity contribution in [1.29, 1.82) is 0 Å². The number of hydrogen-bond donors (Lipinski definition) is 2. The molecule has 0 radical (unpaired) electrons. The third-order valence-corrected chi connectivity index (χ3v) is 4.40. The summed E-state index contributed by atoms with van der Waals surface area (Å²) in [6.45, 7) is 4.52. The van der Waals surface area contributed by atoms with Gasteiger partial charge in [0, 0.05) is 31.4 Å². The first-order valence-corrected chi connectivity index (χ1v) is 7.78. The molecular weight excluding hydrogens is 264 g/mol. The van der Waals surface area contributed by atoms with Gasteiger partial charge in [0.15, 0.2) is 0 Å². The van der Waals surface area contributed by atoms with E-state index in [0.29, 0.717) is 12.6 Å². The molecule has 21 heavy (non-hydrogen) atoms. The highest BCUT2D eigenvalue weighted by Gasteiger charge is 2.21. The fourth-order valence-corrected chi connectivity index (χ4v) is 3.04. The SMILES string of the molecule is CN1CCC(Nc2ccccc2CN2CCNC2=O)CC1. The molecular formula is C16H24N4O. The van der Waals surface area contributed by atoms with Crippen molar-refractivity contribution < 1.29 is 4.79 Å². The third-order valence-electron chi connectivity index (χ3n) is 4.40. The number of benzene rings is 1. The molecule has 3 rings (SSSR count). The number of anilines is 1. The number of piperidine rings is 1. The molecule has 0 spiro atoms. The monoisotopic (exact) mass is 288 g/mol. The number of amides is 2. The molecule has 2 amide bonds. The van der Waals surface area contributed by atoms with Crippen LogP contribution in [0.1, 0.15) is 18.4 Å². The molecule has 114 valence electrons. The quantitative estimate of drug-likeness (QED) is 0.887. The second-order valence-electron chi connectivity index (χ2n) is 6.03. The van der Waals surface area contributed by atoms with Gasteiger partial charge in [-0.2, -0.15) is 0 Å². The van der Waals surface area contributed by atoms with Crippen molar-refractivity contribution in [2.24, 2.45) is 0 Å². The molecule has 5 heteroatoms. The Morgan fingerprint density at radius 2 is 2.00 bits per heavy atom. The van der Waals surface area contributed by atoms with Crippen LogP contribution in [0.4, 0.5) is 10.5 Å². The van der Waals surface area contributed by atoms with Crippen LogP contribution < -0.4 is 10.6 Å². The first-order valence-electron chi connectivity index (χ1n) is 7.78. The molecule has 0 aromatic heterocycles. The fraction of sp³-hybridized carbons (Fsp3) is 0.562. The molecule has 2 saturated heterocycles. The van der Waals surface area contributed by atoms with Gasteiger partial charge >= 0.3 is 6.03 Å². The molecule has 2 fully saturated rings. The Bertz CT molecular complexity index is 497. The molecule has 0 aliphatic carbocycles. The van der Waals surface area contributed by atoms with Gasteiger partial charge in [0.1, 0.15) is 0 Å². The molecule has 0 atom stereocenters. The summed E-state index contributed by atoms with van der Waals surface area (Å²) in [6, 6.07) is 8.93. The van der Waals surface area contributed by atoms with Crippen LogP contribution >= 0.6 is 0 Å². The number of nitrogens with zero attached hydrogens (tertiary/aromatic N) is 2. The average Bonchev–Trinajstić information content (AvgIpc) is 2.89. The maximum absolute atomic E-state index is 11.7. The lowest BCUT2D eigenvalue weighted by atomic mass is 10.0. The lowest BCUT2D eigenvalue weighted by Crippen LogP contribution is -2.37. The molecule has 5 nitrogen and oxygen atoms in total. The van der Waals surface area contributed by atoms with E-state index in [1.165, 1.54) is 24.1 Å². The Balaban J connectivity index is 1.66.